The normalized spacial score (nSPS) is 11.8. The molecule has 0 N–H and O–H groups in total. The van der Waals surface area contributed by atoms with Crippen LogP contribution in [0, 0.1) is 0 Å². The van der Waals surface area contributed by atoms with Crippen molar-refractivity contribution in [1.29, 1.82) is 0 Å². The lowest BCUT2D eigenvalue weighted by molar-refractivity contribution is -0.137. The molecule has 0 unspecified atom stereocenters. The van der Waals surface area contributed by atoms with Gasteiger partial charge in [-0.25, -0.2) is 0 Å². The Morgan fingerprint density at radius 1 is 0.778 bits per heavy atom. The van der Waals surface area contributed by atoms with Gasteiger partial charge in [-0.15, -0.1) is 11.3 Å². The Morgan fingerprint density at radius 3 is 2.41 bits per heavy atom. The predicted octanol–water partition coefficient (Wildman–Crippen LogP) is 6.77. The largest absolute Gasteiger partial charge is 0.417 e. The highest BCUT2D eigenvalue weighted by Crippen LogP contribution is 2.39. The molecule has 0 fully saturated rings. The van der Waals surface area contributed by atoms with Gasteiger partial charge < -0.3 is 0 Å². The Morgan fingerprint density at radius 2 is 1.56 bits per heavy atom. The van der Waals surface area contributed by atoms with Gasteiger partial charge >= 0.3 is 6.18 Å². The van der Waals surface area contributed by atoms with Gasteiger partial charge in [0.1, 0.15) is 0 Å². The van der Waals surface area contributed by atoms with Crippen LogP contribution in [0.2, 0.25) is 0 Å². The molecule has 2 aromatic carbocycles. The third kappa shape index (κ3) is 3.74. The van der Waals surface area contributed by atoms with Crippen LogP contribution < -0.4 is 0 Å². The molecule has 4 aromatic rings. The highest BCUT2D eigenvalue weighted by Gasteiger charge is 2.33. The van der Waals surface area contributed by atoms with Gasteiger partial charge in [-0.3, -0.25) is 4.98 Å². The summed E-state index contributed by atoms with van der Waals surface area (Å²) in [6.07, 6.45) is -3.02. The van der Waals surface area contributed by atoms with Crippen LogP contribution in [-0.4, -0.2) is 4.98 Å². The first-order valence-electron chi connectivity index (χ1n) is 8.60. The van der Waals surface area contributed by atoms with Crippen LogP contribution in [0.5, 0.6) is 0 Å². The quantitative estimate of drug-likeness (QED) is 0.379. The summed E-state index contributed by atoms with van der Waals surface area (Å²) in [5.74, 6) is 0. The number of aromatic nitrogens is 1. The van der Waals surface area contributed by atoms with Crippen molar-refractivity contribution in [3.8, 4) is 11.1 Å². The fourth-order valence-electron chi connectivity index (χ4n) is 3.23. The molecule has 0 saturated heterocycles. The Labute approximate surface area is 159 Å². The lowest BCUT2D eigenvalue weighted by atomic mass is 9.98. The molecule has 4 rings (SSSR count). The molecule has 136 valence electrons. The van der Waals surface area contributed by atoms with E-state index >= 15 is 0 Å². The number of hydrogen-bond donors (Lipinski definition) is 0. The molecule has 0 radical (unpaired) electrons. The summed E-state index contributed by atoms with van der Waals surface area (Å²) in [4.78, 5) is 5.60. The number of hydrogen-bond acceptors (Lipinski definition) is 2. The summed E-state index contributed by atoms with van der Waals surface area (Å²) in [7, 11) is 0. The molecule has 0 amide bonds. The van der Waals surface area contributed by atoms with Gasteiger partial charge in [-0.1, -0.05) is 42.5 Å². The molecule has 2 aromatic heterocycles. The van der Waals surface area contributed by atoms with Crippen LogP contribution in [0.3, 0.4) is 0 Å². The molecule has 5 heteroatoms. The number of aryl methyl sites for hydroxylation is 2. The fraction of sp³-hybridized carbons (Fsp3) is 0.136. The van der Waals surface area contributed by atoms with Crippen molar-refractivity contribution >= 4 is 22.2 Å². The van der Waals surface area contributed by atoms with Crippen molar-refractivity contribution in [2.24, 2.45) is 0 Å². The average Bonchev–Trinajstić information content (AvgIpc) is 3.14. The highest BCUT2D eigenvalue weighted by molar-refractivity contribution is 7.10. The van der Waals surface area contributed by atoms with E-state index in [2.05, 4.69) is 4.98 Å². The van der Waals surface area contributed by atoms with E-state index < -0.39 is 11.7 Å². The number of alkyl halides is 3. The lowest BCUT2D eigenvalue weighted by Gasteiger charge is -2.13. The smallest absolute Gasteiger partial charge is 0.253 e. The van der Waals surface area contributed by atoms with Crippen LogP contribution in [0.4, 0.5) is 13.2 Å². The van der Waals surface area contributed by atoms with Crippen LogP contribution in [-0.2, 0) is 19.0 Å². The molecule has 0 spiro atoms. The Hall–Kier alpha value is -2.66. The summed E-state index contributed by atoms with van der Waals surface area (Å²) in [6.45, 7) is 0. The summed E-state index contributed by atoms with van der Waals surface area (Å²) in [6, 6.07) is 19.5. The van der Waals surface area contributed by atoms with E-state index in [1.807, 2.05) is 41.8 Å². The SMILES string of the molecule is FC(F)(F)c1ccccc1-c1ccsc1CCc1ccc2ccccc2n1. The zero-order valence-corrected chi connectivity index (χ0v) is 15.1. The van der Waals surface area contributed by atoms with Crippen LogP contribution in [0.25, 0.3) is 22.0 Å². The van der Waals surface area contributed by atoms with E-state index in [0.29, 0.717) is 18.4 Å². The number of fused-ring (bicyclic) bond motifs is 1. The van der Waals surface area contributed by atoms with Crippen molar-refractivity contribution in [2.75, 3.05) is 0 Å². The number of halogens is 3. The second-order valence-corrected chi connectivity index (χ2v) is 7.30. The second kappa shape index (κ2) is 7.16. The number of para-hydroxylation sites is 1. The van der Waals surface area contributed by atoms with Gasteiger partial charge in [-0.05, 0) is 53.6 Å². The fourth-order valence-corrected chi connectivity index (χ4v) is 4.12. The lowest BCUT2D eigenvalue weighted by Crippen LogP contribution is -2.07. The minimum Gasteiger partial charge on any atom is -0.253 e. The molecule has 0 bridgehead atoms. The van der Waals surface area contributed by atoms with E-state index in [1.165, 1.54) is 17.4 Å². The van der Waals surface area contributed by atoms with E-state index in [-0.39, 0.29) is 5.56 Å². The monoisotopic (exact) mass is 383 g/mol. The van der Waals surface area contributed by atoms with Crippen LogP contribution in [0.15, 0.2) is 72.1 Å². The molecule has 2 heterocycles. The Bertz CT molecular complexity index is 1080. The van der Waals surface area contributed by atoms with Crippen molar-refractivity contribution in [1.82, 2.24) is 4.98 Å². The number of pyridine rings is 1. The molecule has 27 heavy (non-hydrogen) atoms. The van der Waals surface area contributed by atoms with Gasteiger partial charge in [-0.2, -0.15) is 13.2 Å². The van der Waals surface area contributed by atoms with Gasteiger partial charge in [0.05, 0.1) is 11.1 Å². The highest BCUT2D eigenvalue weighted by atomic mass is 32.1. The van der Waals surface area contributed by atoms with Crippen molar-refractivity contribution < 1.29 is 13.2 Å². The number of benzene rings is 2. The predicted molar refractivity (Wildman–Crippen MR) is 104 cm³/mol. The second-order valence-electron chi connectivity index (χ2n) is 6.30. The number of thiophene rings is 1. The first-order chi connectivity index (χ1) is 13.0. The topological polar surface area (TPSA) is 12.9 Å². The Balaban J connectivity index is 1.61. The van der Waals surface area contributed by atoms with E-state index in [0.717, 1.165) is 27.5 Å². The first kappa shape index (κ1) is 17.7. The maximum atomic E-state index is 13.4. The number of nitrogens with zero attached hydrogens (tertiary/aromatic N) is 1. The zero-order chi connectivity index (χ0) is 18.9. The molecular weight excluding hydrogens is 367 g/mol. The summed E-state index contributed by atoms with van der Waals surface area (Å²) in [5.41, 5.74) is 2.19. The van der Waals surface area contributed by atoms with Gasteiger partial charge in [0, 0.05) is 16.0 Å². The molecule has 0 saturated carbocycles. The van der Waals surface area contributed by atoms with Crippen molar-refractivity contribution in [2.45, 2.75) is 19.0 Å². The minimum absolute atomic E-state index is 0.243. The van der Waals surface area contributed by atoms with E-state index in [9.17, 15) is 13.2 Å². The van der Waals surface area contributed by atoms with E-state index in [4.69, 9.17) is 0 Å². The third-order valence-electron chi connectivity index (χ3n) is 4.53. The van der Waals surface area contributed by atoms with E-state index in [1.54, 1.807) is 18.2 Å². The molecule has 1 nitrogen and oxygen atoms in total. The zero-order valence-electron chi connectivity index (χ0n) is 14.3. The molecule has 0 atom stereocenters. The molecule has 0 aliphatic heterocycles. The minimum atomic E-state index is -4.37. The van der Waals surface area contributed by atoms with Gasteiger partial charge in [0.25, 0.3) is 0 Å². The molecule has 0 aliphatic rings. The standard InChI is InChI=1S/C22H16F3NS/c23-22(24,25)19-7-3-2-6-17(19)18-13-14-27-21(18)12-11-16-10-9-15-5-1-4-8-20(15)26-16/h1-10,13-14H,11-12H2. The van der Waals surface area contributed by atoms with Gasteiger partial charge in [0.2, 0.25) is 0 Å². The number of rotatable bonds is 4. The Kier molecular flexibility index (Phi) is 4.70. The maximum absolute atomic E-state index is 13.4. The average molecular weight is 383 g/mol. The third-order valence-corrected chi connectivity index (χ3v) is 5.51. The van der Waals surface area contributed by atoms with Crippen LogP contribution >= 0.6 is 11.3 Å². The summed E-state index contributed by atoms with van der Waals surface area (Å²) >= 11 is 1.49. The van der Waals surface area contributed by atoms with Crippen molar-refractivity contribution in [3.63, 3.8) is 0 Å². The van der Waals surface area contributed by atoms with Crippen LogP contribution in [0.1, 0.15) is 16.1 Å². The van der Waals surface area contributed by atoms with Crippen molar-refractivity contribution in [3.05, 3.63) is 88.2 Å². The maximum Gasteiger partial charge on any atom is 0.417 e. The molecular formula is C22H16F3NS. The van der Waals surface area contributed by atoms with Gasteiger partial charge in [0.15, 0.2) is 0 Å². The summed E-state index contributed by atoms with van der Waals surface area (Å²) < 4.78 is 40.1. The molecule has 0 aliphatic carbocycles. The first-order valence-corrected chi connectivity index (χ1v) is 9.48. The summed E-state index contributed by atoms with van der Waals surface area (Å²) in [5, 5.41) is 2.93.